The topological polar surface area (TPSA) is 79.5 Å². The van der Waals surface area contributed by atoms with Crippen molar-refractivity contribution in [2.24, 2.45) is 0 Å². The molecule has 4 aromatic rings. The fourth-order valence-corrected chi connectivity index (χ4v) is 2.65. The van der Waals surface area contributed by atoms with Crippen LogP contribution in [0.5, 0.6) is 0 Å². The summed E-state index contributed by atoms with van der Waals surface area (Å²) in [5.41, 5.74) is 2.88. The van der Waals surface area contributed by atoms with E-state index in [1.807, 2.05) is 12.1 Å². The molecule has 2 N–H and O–H groups in total. The Morgan fingerprint density at radius 3 is 2.54 bits per heavy atom. The molecule has 4 rings (SSSR count). The Bertz CT molecular complexity index is 1110. The zero-order valence-corrected chi connectivity index (χ0v) is 13.4. The molecule has 7 heteroatoms. The highest BCUT2D eigenvalue weighted by Gasteiger charge is 2.10. The summed E-state index contributed by atoms with van der Waals surface area (Å²) in [4.78, 5) is 15.3. The third-order valence-corrected chi connectivity index (χ3v) is 3.87. The summed E-state index contributed by atoms with van der Waals surface area (Å²) in [6.07, 6.45) is 0. The molecule has 0 amide bonds. The standard InChI is InChI=1S/C19H13FN4O2/c20-14-4-1-3-13(11-14)16-5-2-6-17-22-19(23-24(16)17)21-15-9-7-12(8-10-15)18(25)26/h1-11H,(H,21,23)(H,25,26). The molecule has 0 fully saturated rings. The second-order valence-electron chi connectivity index (χ2n) is 5.63. The van der Waals surface area contributed by atoms with Crippen molar-refractivity contribution in [2.45, 2.75) is 0 Å². The summed E-state index contributed by atoms with van der Waals surface area (Å²) in [6, 6.07) is 18.0. The molecule has 0 unspecified atom stereocenters. The summed E-state index contributed by atoms with van der Waals surface area (Å²) in [5, 5.41) is 16.4. The van der Waals surface area contributed by atoms with Crippen molar-refractivity contribution in [1.82, 2.24) is 14.6 Å². The summed E-state index contributed by atoms with van der Waals surface area (Å²) < 4.78 is 15.2. The monoisotopic (exact) mass is 348 g/mol. The first-order valence-electron chi connectivity index (χ1n) is 7.82. The Morgan fingerprint density at radius 1 is 1.04 bits per heavy atom. The average Bonchev–Trinajstić information content (AvgIpc) is 3.04. The van der Waals surface area contributed by atoms with Crippen molar-refractivity contribution in [2.75, 3.05) is 5.32 Å². The van der Waals surface area contributed by atoms with Gasteiger partial charge < -0.3 is 10.4 Å². The third kappa shape index (κ3) is 2.98. The van der Waals surface area contributed by atoms with Crippen LogP contribution in [0.15, 0.2) is 66.7 Å². The predicted octanol–water partition coefficient (Wildman–Crippen LogP) is 3.98. The minimum absolute atomic E-state index is 0.201. The van der Waals surface area contributed by atoms with E-state index < -0.39 is 5.97 Å². The van der Waals surface area contributed by atoms with Crippen LogP contribution in [-0.4, -0.2) is 25.7 Å². The SMILES string of the molecule is O=C(O)c1ccc(Nc2nc3cccc(-c4cccc(F)c4)n3n2)cc1. The maximum Gasteiger partial charge on any atom is 0.335 e. The molecule has 0 saturated heterocycles. The number of carbonyl (C=O) groups is 1. The van der Waals surface area contributed by atoms with E-state index in [2.05, 4.69) is 15.4 Å². The molecule has 2 heterocycles. The fourth-order valence-electron chi connectivity index (χ4n) is 2.65. The first-order valence-corrected chi connectivity index (χ1v) is 7.82. The van der Waals surface area contributed by atoms with Crippen LogP contribution in [0.1, 0.15) is 10.4 Å². The number of carboxylic acid groups (broad SMARTS) is 1. The van der Waals surface area contributed by atoms with Gasteiger partial charge in [-0.05, 0) is 48.5 Å². The van der Waals surface area contributed by atoms with Crippen LogP contribution in [0, 0.1) is 5.82 Å². The lowest BCUT2D eigenvalue weighted by Crippen LogP contribution is -1.98. The number of rotatable bonds is 4. The van der Waals surface area contributed by atoms with Crippen molar-refractivity contribution in [3.8, 4) is 11.3 Å². The fraction of sp³-hybridized carbons (Fsp3) is 0. The summed E-state index contributed by atoms with van der Waals surface area (Å²) in [6.45, 7) is 0. The van der Waals surface area contributed by atoms with E-state index in [4.69, 9.17) is 5.11 Å². The second-order valence-corrected chi connectivity index (χ2v) is 5.63. The molecule has 2 aromatic heterocycles. The number of hydrogen-bond donors (Lipinski definition) is 2. The number of anilines is 2. The van der Waals surface area contributed by atoms with Crippen molar-refractivity contribution in [3.05, 3.63) is 78.1 Å². The number of nitrogens with one attached hydrogen (secondary N) is 1. The summed E-state index contributed by atoms with van der Waals surface area (Å²) in [5.74, 6) is -0.949. The van der Waals surface area contributed by atoms with Crippen LogP contribution >= 0.6 is 0 Å². The zero-order chi connectivity index (χ0) is 18.1. The minimum Gasteiger partial charge on any atom is -0.478 e. The first-order chi connectivity index (χ1) is 12.6. The van der Waals surface area contributed by atoms with E-state index in [1.165, 1.54) is 24.3 Å². The van der Waals surface area contributed by atoms with Gasteiger partial charge in [0.1, 0.15) is 5.82 Å². The van der Waals surface area contributed by atoms with Gasteiger partial charge in [-0.15, -0.1) is 5.10 Å². The quantitative estimate of drug-likeness (QED) is 0.583. The van der Waals surface area contributed by atoms with Gasteiger partial charge in [0, 0.05) is 11.3 Å². The van der Waals surface area contributed by atoms with Crippen LogP contribution in [0.2, 0.25) is 0 Å². The Kier molecular flexibility index (Phi) is 3.81. The highest BCUT2D eigenvalue weighted by molar-refractivity contribution is 5.88. The van der Waals surface area contributed by atoms with Crippen LogP contribution in [0.4, 0.5) is 16.0 Å². The van der Waals surface area contributed by atoms with Gasteiger partial charge in [-0.3, -0.25) is 0 Å². The van der Waals surface area contributed by atoms with Gasteiger partial charge in [-0.2, -0.15) is 4.98 Å². The minimum atomic E-state index is -0.984. The number of aromatic nitrogens is 3. The summed E-state index contributed by atoms with van der Waals surface area (Å²) >= 11 is 0. The van der Waals surface area contributed by atoms with E-state index in [0.29, 0.717) is 28.5 Å². The number of benzene rings is 2. The van der Waals surface area contributed by atoms with E-state index in [0.717, 1.165) is 0 Å². The molecule has 2 aromatic carbocycles. The van der Waals surface area contributed by atoms with Crippen molar-refractivity contribution < 1.29 is 14.3 Å². The first kappa shape index (κ1) is 15.8. The lowest BCUT2D eigenvalue weighted by Gasteiger charge is -2.04. The lowest BCUT2D eigenvalue weighted by molar-refractivity contribution is 0.0697. The molecule has 128 valence electrons. The molecule has 0 radical (unpaired) electrons. The Balaban J connectivity index is 1.69. The molecular weight excluding hydrogens is 335 g/mol. The molecule has 0 aliphatic rings. The third-order valence-electron chi connectivity index (χ3n) is 3.87. The van der Waals surface area contributed by atoms with E-state index in [9.17, 15) is 9.18 Å². The number of fused-ring (bicyclic) bond motifs is 1. The number of aromatic carboxylic acids is 1. The normalized spacial score (nSPS) is 10.8. The van der Waals surface area contributed by atoms with Gasteiger partial charge in [0.05, 0.1) is 11.3 Å². The molecule has 0 aliphatic heterocycles. The molecule has 6 nitrogen and oxygen atoms in total. The van der Waals surface area contributed by atoms with E-state index >= 15 is 0 Å². The Labute approximate surface area is 147 Å². The Morgan fingerprint density at radius 2 is 1.81 bits per heavy atom. The van der Waals surface area contributed by atoms with Gasteiger partial charge in [-0.25, -0.2) is 13.7 Å². The highest BCUT2D eigenvalue weighted by atomic mass is 19.1. The van der Waals surface area contributed by atoms with E-state index in [1.54, 1.807) is 34.8 Å². The number of pyridine rings is 1. The van der Waals surface area contributed by atoms with Crippen LogP contribution in [0.3, 0.4) is 0 Å². The molecule has 0 saturated carbocycles. The van der Waals surface area contributed by atoms with E-state index in [-0.39, 0.29) is 11.4 Å². The molecule has 0 atom stereocenters. The van der Waals surface area contributed by atoms with Crippen molar-refractivity contribution in [1.29, 1.82) is 0 Å². The van der Waals surface area contributed by atoms with Gasteiger partial charge >= 0.3 is 5.97 Å². The van der Waals surface area contributed by atoms with Crippen LogP contribution in [-0.2, 0) is 0 Å². The van der Waals surface area contributed by atoms with Gasteiger partial charge in [0.2, 0.25) is 5.95 Å². The lowest BCUT2D eigenvalue weighted by atomic mass is 10.1. The van der Waals surface area contributed by atoms with Crippen molar-refractivity contribution in [3.63, 3.8) is 0 Å². The molecule has 0 bridgehead atoms. The largest absolute Gasteiger partial charge is 0.478 e. The predicted molar refractivity (Wildman–Crippen MR) is 95.1 cm³/mol. The highest BCUT2D eigenvalue weighted by Crippen LogP contribution is 2.22. The number of carboxylic acids is 1. The van der Waals surface area contributed by atoms with Crippen LogP contribution in [0.25, 0.3) is 16.9 Å². The average molecular weight is 348 g/mol. The zero-order valence-electron chi connectivity index (χ0n) is 13.4. The second kappa shape index (κ2) is 6.29. The number of nitrogens with zero attached hydrogens (tertiary/aromatic N) is 3. The molecule has 0 aliphatic carbocycles. The maximum absolute atomic E-state index is 13.5. The molecular formula is C19H13FN4O2. The molecule has 0 spiro atoms. The number of hydrogen-bond acceptors (Lipinski definition) is 4. The smallest absolute Gasteiger partial charge is 0.335 e. The van der Waals surface area contributed by atoms with Gasteiger partial charge in [0.25, 0.3) is 0 Å². The van der Waals surface area contributed by atoms with Crippen LogP contribution < -0.4 is 5.32 Å². The molecule has 26 heavy (non-hydrogen) atoms. The number of halogens is 1. The maximum atomic E-state index is 13.5. The Hall–Kier alpha value is -3.74. The van der Waals surface area contributed by atoms with Gasteiger partial charge in [0.15, 0.2) is 5.65 Å². The van der Waals surface area contributed by atoms with Crippen molar-refractivity contribution >= 4 is 23.3 Å². The summed E-state index contributed by atoms with van der Waals surface area (Å²) in [7, 11) is 0. The van der Waals surface area contributed by atoms with Gasteiger partial charge in [-0.1, -0.05) is 18.2 Å².